The Morgan fingerprint density at radius 3 is 2.63 bits per heavy atom. The summed E-state index contributed by atoms with van der Waals surface area (Å²) in [5, 5.41) is 0. The Morgan fingerprint density at radius 2 is 1.84 bits per heavy atom. The van der Waals surface area contributed by atoms with E-state index in [-0.39, 0.29) is 0 Å². The van der Waals surface area contributed by atoms with Gasteiger partial charge < -0.3 is 9.47 Å². The predicted molar refractivity (Wildman–Crippen MR) is 78.6 cm³/mol. The van der Waals surface area contributed by atoms with Crippen LogP contribution in [0.15, 0.2) is 36.7 Å². The smallest absolute Gasteiger partial charge is 0.0570 e. The summed E-state index contributed by atoms with van der Waals surface area (Å²) in [6.45, 7) is 4.60. The number of hydrogen-bond acceptors (Lipinski definition) is 1. The number of para-hydroxylation sites is 1. The first-order valence-corrected chi connectivity index (χ1v) is 7.16. The van der Waals surface area contributed by atoms with Crippen LogP contribution in [0.3, 0.4) is 0 Å². The van der Waals surface area contributed by atoms with E-state index in [1.807, 2.05) is 0 Å². The Kier molecular flexibility index (Phi) is 2.15. The molecule has 1 aromatic heterocycles. The minimum atomic E-state index is 0.581. The van der Waals surface area contributed by atoms with Crippen molar-refractivity contribution >= 4 is 5.69 Å². The SMILES string of the molecule is Cc1ccccc1N1C2CC(c3cn(C)cc32)[C@@H]1C. The largest absolute Gasteiger partial charge is 0.361 e. The van der Waals surface area contributed by atoms with Crippen molar-refractivity contribution in [2.45, 2.75) is 38.3 Å². The second-order valence-corrected chi connectivity index (χ2v) is 6.13. The van der Waals surface area contributed by atoms with Gasteiger partial charge in [-0.3, -0.25) is 0 Å². The van der Waals surface area contributed by atoms with E-state index >= 15 is 0 Å². The predicted octanol–water partition coefficient (Wildman–Crippen LogP) is 3.77. The molecule has 3 atom stereocenters. The quantitative estimate of drug-likeness (QED) is 0.750. The number of aromatic nitrogens is 1. The molecule has 1 aliphatic carbocycles. The fourth-order valence-corrected chi connectivity index (χ4v) is 4.15. The van der Waals surface area contributed by atoms with Crippen molar-refractivity contribution in [1.82, 2.24) is 4.57 Å². The van der Waals surface area contributed by atoms with Crippen LogP contribution in [0.1, 0.15) is 42.0 Å². The van der Waals surface area contributed by atoms with Gasteiger partial charge in [-0.05, 0) is 43.0 Å². The molecular weight excluding hydrogens is 232 g/mol. The summed E-state index contributed by atoms with van der Waals surface area (Å²) >= 11 is 0. The fourth-order valence-electron chi connectivity index (χ4n) is 4.15. The first-order chi connectivity index (χ1) is 9.16. The fraction of sp³-hybridized carbons (Fsp3) is 0.412. The maximum Gasteiger partial charge on any atom is 0.0570 e. The zero-order valence-electron chi connectivity index (χ0n) is 11.8. The second-order valence-electron chi connectivity index (χ2n) is 6.13. The van der Waals surface area contributed by atoms with Gasteiger partial charge in [0.25, 0.3) is 0 Å². The van der Waals surface area contributed by atoms with Crippen molar-refractivity contribution in [3.8, 4) is 0 Å². The summed E-state index contributed by atoms with van der Waals surface area (Å²) in [4.78, 5) is 2.64. The van der Waals surface area contributed by atoms with E-state index in [0.29, 0.717) is 18.0 Å². The van der Waals surface area contributed by atoms with E-state index < -0.39 is 0 Å². The molecule has 2 aliphatic rings. The number of fused-ring (bicyclic) bond motifs is 5. The summed E-state index contributed by atoms with van der Waals surface area (Å²) in [5.41, 5.74) is 5.94. The van der Waals surface area contributed by atoms with Gasteiger partial charge in [-0.2, -0.15) is 0 Å². The van der Waals surface area contributed by atoms with Gasteiger partial charge in [-0.25, -0.2) is 0 Å². The van der Waals surface area contributed by atoms with Crippen LogP contribution in [0.25, 0.3) is 0 Å². The van der Waals surface area contributed by atoms with Crippen molar-refractivity contribution in [2.24, 2.45) is 7.05 Å². The molecule has 2 aromatic rings. The highest BCUT2D eigenvalue weighted by Gasteiger charge is 2.48. The van der Waals surface area contributed by atoms with Gasteiger partial charge >= 0.3 is 0 Å². The van der Waals surface area contributed by atoms with Crippen LogP contribution in [0.2, 0.25) is 0 Å². The number of nitrogens with zero attached hydrogens (tertiary/aromatic N) is 2. The summed E-state index contributed by atoms with van der Waals surface area (Å²) in [5.74, 6) is 0.709. The normalized spacial score (nSPS) is 27.9. The monoisotopic (exact) mass is 252 g/mol. The summed E-state index contributed by atoms with van der Waals surface area (Å²) < 4.78 is 2.22. The van der Waals surface area contributed by atoms with Crippen molar-refractivity contribution < 1.29 is 0 Å². The minimum absolute atomic E-state index is 0.581. The highest BCUT2D eigenvalue weighted by atomic mass is 15.2. The number of rotatable bonds is 1. The van der Waals surface area contributed by atoms with Gasteiger partial charge in [0.1, 0.15) is 0 Å². The van der Waals surface area contributed by atoms with Gasteiger partial charge in [0, 0.05) is 37.1 Å². The third-order valence-electron chi connectivity index (χ3n) is 5.00. The number of benzene rings is 1. The molecule has 0 radical (unpaired) electrons. The molecule has 2 bridgehead atoms. The maximum atomic E-state index is 2.64. The summed E-state index contributed by atoms with van der Waals surface area (Å²) in [7, 11) is 2.14. The Bertz CT molecular complexity index is 640. The molecule has 98 valence electrons. The van der Waals surface area contributed by atoms with Crippen LogP contribution >= 0.6 is 0 Å². The summed E-state index contributed by atoms with van der Waals surface area (Å²) in [6, 6.07) is 9.98. The topological polar surface area (TPSA) is 8.17 Å². The van der Waals surface area contributed by atoms with Gasteiger partial charge in [0.2, 0.25) is 0 Å². The van der Waals surface area contributed by atoms with Crippen LogP contribution in [0.5, 0.6) is 0 Å². The Hall–Kier alpha value is -1.70. The van der Waals surface area contributed by atoms with Crippen LogP contribution < -0.4 is 4.90 Å². The number of aryl methyl sites for hydroxylation is 2. The molecule has 2 nitrogen and oxygen atoms in total. The van der Waals surface area contributed by atoms with Gasteiger partial charge in [-0.1, -0.05) is 18.2 Å². The third-order valence-corrected chi connectivity index (χ3v) is 5.00. The standard InChI is InChI=1S/C17H20N2/c1-11-6-4-5-7-16(11)19-12(2)13-8-17(19)15-10-18(3)9-14(13)15/h4-7,9-10,12-13,17H,8H2,1-3H3/t12-,13?,17?/m0/s1. The zero-order chi connectivity index (χ0) is 13.1. The van der Waals surface area contributed by atoms with E-state index in [2.05, 4.69) is 67.0 Å². The molecule has 0 amide bonds. The van der Waals surface area contributed by atoms with Crippen LogP contribution in [0, 0.1) is 6.92 Å². The summed E-state index contributed by atoms with van der Waals surface area (Å²) in [6.07, 6.45) is 5.93. The lowest BCUT2D eigenvalue weighted by Gasteiger charge is -2.36. The maximum absolute atomic E-state index is 2.64. The van der Waals surface area contributed by atoms with Crippen molar-refractivity contribution in [1.29, 1.82) is 0 Å². The van der Waals surface area contributed by atoms with E-state index in [9.17, 15) is 0 Å². The van der Waals surface area contributed by atoms with Crippen LogP contribution in [-0.4, -0.2) is 10.6 Å². The molecule has 4 rings (SSSR count). The molecule has 1 saturated heterocycles. The second kappa shape index (κ2) is 3.66. The van der Waals surface area contributed by atoms with Crippen LogP contribution in [-0.2, 0) is 7.05 Å². The highest BCUT2D eigenvalue weighted by Crippen LogP contribution is 2.55. The molecule has 1 fully saturated rings. The average molecular weight is 252 g/mol. The number of hydrogen-bond donors (Lipinski definition) is 0. The zero-order valence-corrected chi connectivity index (χ0v) is 11.8. The Labute approximate surface area is 114 Å². The van der Waals surface area contributed by atoms with E-state index in [4.69, 9.17) is 0 Å². The Balaban J connectivity index is 1.83. The molecule has 2 heteroatoms. The average Bonchev–Trinajstić information content (AvgIpc) is 2.99. The molecule has 0 N–H and O–H groups in total. The molecule has 0 spiro atoms. The first-order valence-electron chi connectivity index (χ1n) is 7.16. The van der Waals surface area contributed by atoms with Gasteiger partial charge in [0.15, 0.2) is 0 Å². The molecule has 2 heterocycles. The lowest BCUT2D eigenvalue weighted by Crippen LogP contribution is -2.35. The van der Waals surface area contributed by atoms with E-state index in [1.54, 1.807) is 11.1 Å². The lowest BCUT2D eigenvalue weighted by molar-refractivity contribution is 0.616. The molecule has 1 aliphatic heterocycles. The number of anilines is 1. The van der Waals surface area contributed by atoms with Gasteiger partial charge in [0.05, 0.1) is 6.04 Å². The minimum Gasteiger partial charge on any atom is -0.361 e. The molecule has 1 aromatic carbocycles. The van der Waals surface area contributed by atoms with Gasteiger partial charge in [-0.15, -0.1) is 0 Å². The van der Waals surface area contributed by atoms with E-state index in [0.717, 1.165) is 0 Å². The van der Waals surface area contributed by atoms with E-state index in [1.165, 1.54) is 17.7 Å². The molecule has 0 saturated carbocycles. The highest BCUT2D eigenvalue weighted by molar-refractivity contribution is 5.61. The molecule has 19 heavy (non-hydrogen) atoms. The third kappa shape index (κ3) is 1.37. The lowest BCUT2D eigenvalue weighted by atomic mass is 9.95. The molecular formula is C17H20N2. The first kappa shape index (κ1) is 11.2. The Morgan fingerprint density at radius 1 is 1.11 bits per heavy atom. The van der Waals surface area contributed by atoms with Crippen LogP contribution in [0.4, 0.5) is 5.69 Å². The van der Waals surface area contributed by atoms with Crippen molar-refractivity contribution in [3.63, 3.8) is 0 Å². The van der Waals surface area contributed by atoms with Crippen molar-refractivity contribution in [2.75, 3.05) is 4.90 Å². The van der Waals surface area contributed by atoms with Crippen molar-refractivity contribution in [3.05, 3.63) is 53.3 Å². The molecule has 2 unspecified atom stereocenters.